The predicted molar refractivity (Wildman–Crippen MR) is 148 cm³/mol. The fraction of sp³-hybridized carbons (Fsp3) is 0.464. The molecule has 2 aliphatic rings. The number of amides is 1. The molecule has 1 aromatic heterocycles. The molecule has 2 heterocycles. The van der Waals surface area contributed by atoms with Crippen LogP contribution in [-0.4, -0.2) is 53.6 Å². The highest BCUT2D eigenvalue weighted by atomic mass is 35.5. The Morgan fingerprint density at radius 2 is 1.92 bits per heavy atom. The number of hydrogen-bond donors (Lipinski definition) is 2. The number of nitrogens with one attached hydrogen (secondary N) is 1. The van der Waals surface area contributed by atoms with Gasteiger partial charge in [0.05, 0.1) is 17.2 Å². The number of aliphatic hydroxyl groups excluding tert-OH is 1. The maximum atomic E-state index is 15.0. The number of aryl methyl sites for hydroxylation is 1. The maximum Gasteiger partial charge on any atom is 0.324 e. The van der Waals surface area contributed by atoms with Gasteiger partial charge in [0.25, 0.3) is 5.91 Å². The molecule has 0 unspecified atom stereocenters. The van der Waals surface area contributed by atoms with Crippen LogP contribution in [0.1, 0.15) is 48.6 Å². The summed E-state index contributed by atoms with van der Waals surface area (Å²) in [5.41, 5.74) is 0.440. The van der Waals surface area contributed by atoms with Crippen molar-refractivity contribution in [2.45, 2.75) is 62.7 Å². The van der Waals surface area contributed by atoms with E-state index >= 15 is 8.78 Å². The normalized spacial score (nSPS) is 18.0. The number of aliphatic hydroxyl groups is 1. The van der Waals surface area contributed by atoms with Crippen molar-refractivity contribution in [3.63, 3.8) is 0 Å². The first kappa shape index (κ1) is 27.6. The van der Waals surface area contributed by atoms with Crippen molar-refractivity contribution < 1.29 is 23.4 Å². The first-order chi connectivity index (χ1) is 18.2. The highest BCUT2D eigenvalue weighted by molar-refractivity contribution is 7.19. The van der Waals surface area contributed by atoms with Crippen LogP contribution in [0.15, 0.2) is 42.5 Å². The van der Waals surface area contributed by atoms with Crippen molar-refractivity contribution in [3.8, 4) is 5.75 Å². The van der Waals surface area contributed by atoms with E-state index in [-0.39, 0.29) is 19.1 Å². The van der Waals surface area contributed by atoms with Crippen molar-refractivity contribution in [1.82, 2.24) is 10.2 Å². The Morgan fingerprint density at radius 3 is 2.63 bits per heavy atom. The Hall–Kier alpha value is -1.97. The van der Waals surface area contributed by atoms with Gasteiger partial charge in [0.15, 0.2) is 0 Å². The van der Waals surface area contributed by atoms with Gasteiger partial charge in [-0.1, -0.05) is 29.3 Å². The number of likely N-dealkylation sites (tertiary alicyclic amines) is 1. The summed E-state index contributed by atoms with van der Waals surface area (Å²) >= 11 is 13.8. The van der Waals surface area contributed by atoms with Crippen LogP contribution >= 0.6 is 34.5 Å². The van der Waals surface area contributed by atoms with Crippen LogP contribution in [0.25, 0.3) is 10.1 Å². The molecule has 2 fully saturated rings. The molecule has 0 radical (unpaired) electrons. The summed E-state index contributed by atoms with van der Waals surface area (Å²) in [7, 11) is 0. The number of nitrogens with zero attached hydrogens (tertiary/aromatic N) is 1. The van der Waals surface area contributed by atoms with Crippen molar-refractivity contribution in [1.29, 1.82) is 0 Å². The Morgan fingerprint density at radius 1 is 1.16 bits per heavy atom. The van der Waals surface area contributed by atoms with Crippen LogP contribution < -0.4 is 10.1 Å². The summed E-state index contributed by atoms with van der Waals surface area (Å²) in [6.45, 7) is 1.85. The molecular formula is C28H30Cl2F2N2O3S. The van der Waals surface area contributed by atoms with Gasteiger partial charge in [-0.2, -0.15) is 8.78 Å². The Labute approximate surface area is 234 Å². The zero-order valence-electron chi connectivity index (χ0n) is 20.8. The number of rotatable bonds is 11. The van der Waals surface area contributed by atoms with Crippen LogP contribution in [0.2, 0.25) is 10.0 Å². The highest BCUT2D eigenvalue weighted by Crippen LogP contribution is 2.35. The number of ether oxygens (including phenoxy) is 1. The van der Waals surface area contributed by atoms with Gasteiger partial charge in [-0.3, -0.25) is 4.79 Å². The molecule has 0 spiro atoms. The largest absolute Gasteiger partial charge is 0.489 e. The predicted octanol–water partition coefficient (Wildman–Crippen LogP) is 6.63. The first-order valence-electron chi connectivity index (χ1n) is 12.9. The molecule has 38 heavy (non-hydrogen) atoms. The molecule has 3 aromatic rings. The van der Waals surface area contributed by atoms with Gasteiger partial charge in [-0.25, -0.2) is 0 Å². The lowest BCUT2D eigenvalue weighted by molar-refractivity contribution is -0.148. The molecular weight excluding hydrogens is 553 g/mol. The van der Waals surface area contributed by atoms with Crippen LogP contribution in [0.4, 0.5) is 8.78 Å². The molecule has 2 N–H and O–H groups in total. The van der Waals surface area contributed by atoms with E-state index in [9.17, 15) is 9.90 Å². The van der Waals surface area contributed by atoms with Crippen LogP contribution in [0, 0.1) is 0 Å². The molecule has 1 amide bonds. The highest BCUT2D eigenvalue weighted by Gasteiger charge is 2.41. The molecule has 1 aliphatic carbocycles. The number of carbonyl (C=O) groups is 1. The van der Waals surface area contributed by atoms with E-state index in [2.05, 4.69) is 10.2 Å². The zero-order chi connectivity index (χ0) is 26.9. The van der Waals surface area contributed by atoms with E-state index in [1.54, 1.807) is 30.3 Å². The van der Waals surface area contributed by atoms with Crippen LogP contribution in [-0.2, 0) is 11.2 Å². The van der Waals surface area contributed by atoms with E-state index in [1.807, 2.05) is 12.1 Å². The summed E-state index contributed by atoms with van der Waals surface area (Å²) in [6.07, 6.45) is 2.32. The Kier molecular flexibility index (Phi) is 8.45. The number of thiophene rings is 1. The van der Waals surface area contributed by atoms with Gasteiger partial charge in [-0.15, -0.1) is 11.3 Å². The van der Waals surface area contributed by atoms with Gasteiger partial charge in [0.1, 0.15) is 11.9 Å². The fourth-order valence-corrected chi connectivity index (χ4v) is 6.18. The van der Waals surface area contributed by atoms with Crippen LogP contribution in [0.5, 0.6) is 5.75 Å². The van der Waals surface area contributed by atoms with Gasteiger partial charge in [0, 0.05) is 27.6 Å². The number of benzene rings is 2. The van der Waals surface area contributed by atoms with Gasteiger partial charge in [-0.05, 0) is 92.5 Å². The number of hydrogen-bond acceptors (Lipinski definition) is 5. The lowest BCUT2D eigenvalue weighted by Crippen LogP contribution is -2.51. The first-order valence-corrected chi connectivity index (χ1v) is 14.5. The summed E-state index contributed by atoms with van der Waals surface area (Å²) in [4.78, 5) is 15.6. The van der Waals surface area contributed by atoms with Crippen molar-refractivity contribution in [2.75, 3.05) is 19.6 Å². The summed E-state index contributed by atoms with van der Waals surface area (Å²) < 4.78 is 36.8. The second kappa shape index (κ2) is 11.6. The van der Waals surface area contributed by atoms with E-state index in [0.717, 1.165) is 53.7 Å². The van der Waals surface area contributed by atoms with E-state index in [1.165, 1.54) is 11.3 Å². The molecule has 2 aromatic carbocycles. The molecule has 10 heteroatoms. The zero-order valence-corrected chi connectivity index (χ0v) is 23.1. The quantitative estimate of drug-likeness (QED) is 0.266. The molecule has 5 nitrogen and oxygen atoms in total. The van der Waals surface area contributed by atoms with E-state index in [4.69, 9.17) is 27.9 Å². The molecule has 1 saturated heterocycles. The number of halogens is 4. The van der Waals surface area contributed by atoms with Gasteiger partial charge in [0.2, 0.25) is 0 Å². The second-order valence-electron chi connectivity index (χ2n) is 10.1. The smallest absolute Gasteiger partial charge is 0.324 e. The topological polar surface area (TPSA) is 61.8 Å². The molecule has 1 aliphatic heterocycles. The number of alkyl halides is 2. The molecule has 0 bridgehead atoms. The lowest BCUT2D eigenvalue weighted by Gasteiger charge is -2.30. The third kappa shape index (κ3) is 6.77. The minimum absolute atomic E-state index is 0.0504. The van der Waals surface area contributed by atoms with E-state index < -0.39 is 30.4 Å². The summed E-state index contributed by atoms with van der Waals surface area (Å²) in [6, 6.07) is 11.3. The average Bonchev–Trinajstić information content (AvgIpc) is 3.37. The fourth-order valence-electron chi connectivity index (χ4n) is 4.72. The lowest BCUT2D eigenvalue weighted by atomic mass is 10.0. The molecule has 5 rings (SSSR count). The third-order valence-corrected chi connectivity index (χ3v) is 8.72. The summed E-state index contributed by atoms with van der Waals surface area (Å²) in [5, 5.41) is 15.5. The average molecular weight is 584 g/mol. The minimum Gasteiger partial charge on any atom is -0.489 e. The van der Waals surface area contributed by atoms with Crippen molar-refractivity contribution in [2.24, 2.45) is 0 Å². The second-order valence-corrected chi connectivity index (χ2v) is 12.2. The molecule has 204 valence electrons. The monoisotopic (exact) mass is 582 g/mol. The minimum atomic E-state index is -3.60. The molecule has 2 atom stereocenters. The molecule has 1 saturated carbocycles. The van der Waals surface area contributed by atoms with Gasteiger partial charge < -0.3 is 20.1 Å². The number of carbonyl (C=O) groups excluding carboxylic acids is 1. The Balaban J connectivity index is 1.27. The maximum absolute atomic E-state index is 15.0. The van der Waals surface area contributed by atoms with Crippen molar-refractivity contribution in [3.05, 3.63) is 63.0 Å². The van der Waals surface area contributed by atoms with Gasteiger partial charge >= 0.3 is 5.92 Å². The number of fused-ring (bicyclic) bond motifs is 1. The third-order valence-electron chi connectivity index (χ3n) is 7.01. The van der Waals surface area contributed by atoms with E-state index in [0.29, 0.717) is 21.4 Å². The Bertz CT molecular complexity index is 1290. The SMILES string of the molecule is O=C(N[C@H](CN1CCCC1)[C@H](O)c1ccc(OC2CC2)c(Cl)c1)C(F)(F)CCc1cc2cc(Cl)ccc2s1. The summed E-state index contributed by atoms with van der Waals surface area (Å²) in [5.74, 6) is -4.46. The standard InChI is InChI=1S/C28H30Cl2F2N2O3S/c29-19-4-8-25-18(13-19)14-21(38-25)9-10-28(31,32)27(36)33-23(16-34-11-1-2-12-34)26(35)17-3-7-24(22(30)15-17)37-20-5-6-20/h3-4,7-8,13-15,20,23,26,35H,1-2,5-6,9-12,16H2,(H,33,36)/t23-,26-/m1/s1. The van der Waals surface area contributed by atoms with Crippen LogP contribution in [0.3, 0.4) is 0 Å². The van der Waals surface area contributed by atoms with Crippen molar-refractivity contribution >= 4 is 50.5 Å².